The zero-order valence-electron chi connectivity index (χ0n) is 15.4. The number of fused-ring (bicyclic) bond motifs is 1. The number of furan rings is 1. The van der Waals surface area contributed by atoms with Crippen LogP contribution in [0, 0.1) is 0 Å². The summed E-state index contributed by atoms with van der Waals surface area (Å²) in [5, 5.41) is 11.0. The van der Waals surface area contributed by atoms with E-state index in [2.05, 4.69) is 15.9 Å². The highest BCUT2D eigenvalue weighted by atomic mass is 79.9. The number of carbonyl (C=O) groups is 1. The van der Waals surface area contributed by atoms with E-state index in [1.165, 1.54) is 7.11 Å². The predicted molar refractivity (Wildman–Crippen MR) is 106 cm³/mol. The number of halogens is 1. The lowest BCUT2D eigenvalue weighted by molar-refractivity contribution is -0.139. The van der Waals surface area contributed by atoms with Gasteiger partial charge in [0, 0.05) is 10.9 Å². The molecule has 0 amide bonds. The molecule has 0 bridgehead atoms. The predicted octanol–water partition coefficient (Wildman–Crippen LogP) is 4.72. The van der Waals surface area contributed by atoms with Gasteiger partial charge in [-0.15, -0.1) is 0 Å². The highest BCUT2D eigenvalue weighted by Crippen LogP contribution is 2.33. The lowest BCUT2D eigenvalue weighted by Gasteiger charge is -2.12. The maximum absolute atomic E-state index is 11.6. The van der Waals surface area contributed by atoms with Gasteiger partial charge >= 0.3 is 5.97 Å². The zero-order valence-corrected chi connectivity index (χ0v) is 17.0. The third-order valence-corrected chi connectivity index (χ3v) is 4.75. The van der Waals surface area contributed by atoms with Crippen molar-refractivity contribution in [1.29, 1.82) is 0 Å². The van der Waals surface area contributed by atoms with Crippen LogP contribution in [0.15, 0.2) is 51.4 Å². The van der Waals surface area contributed by atoms with Crippen LogP contribution in [-0.2, 0) is 28.2 Å². The molecule has 1 aromatic heterocycles. The van der Waals surface area contributed by atoms with E-state index in [-0.39, 0.29) is 12.4 Å². The van der Waals surface area contributed by atoms with Crippen molar-refractivity contribution in [2.24, 2.45) is 0 Å². The van der Waals surface area contributed by atoms with Crippen LogP contribution >= 0.6 is 15.9 Å². The lowest BCUT2D eigenvalue weighted by Crippen LogP contribution is -2.13. The van der Waals surface area contributed by atoms with E-state index >= 15 is 0 Å². The second kappa shape index (κ2) is 7.74. The van der Waals surface area contributed by atoms with Gasteiger partial charge < -0.3 is 19.0 Å². The molecule has 142 valence electrons. The Labute approximate surface area is 166 Å². The molecule has 2 aromatic carbocycles. The Hall–Kier alpha value is -2.31. The molecule has 0 saturated carbocycles. The fourth-order valence-corrected chi connectivity index (χ4v) is 3.34. The van der Waals surface area contributed by atoms with Crippen molar-refractivity contribution in [3.63, 3.8) is 0 Å². The third kappa shape index (κ3) is 4.51. The van der Waals surface area contributed by atoms with Crippen molar-refractivity contribution in [3.8, 4) is 5.75 Å². The largest absolute Gasteiger partial charge is 0.489 e. The van der Waals surface area contributed by atoms with Gasteiger partial charge in [-0.05, 0) is 59.6 Å². The summed E-state index contributed by atoms with van der Waals surface area (Å²) in [6, 6.07) is 13.1. The van der Waals surface area contributed by atoms with E-state index in [9.17, 15) is 9.90 Å². The highest BCUT2D eigenvalue weighted by Gasteiger charge is 2.22. The van der Waals surface area contributed by atoms with Gasteiger partial charge in [-0.1, -0.05) is 18.2 Å². The van der Waals surface area contributed by atoms with E-state index in [1.54, 1.807) is 13.8 Å². The van der Waals surface area contributed by atoms with E-state index in [1.807, 2.05) is 42.5 Å². The van der Waals surface area contributed by atoms with Gasteiger partial charge in [-0.2, -0.15) is 0 Å². The summed E-state index contributed by atoms with van der Waals surface area (Å²) < 4.78 is 17.2. The number of hydrogen-bond acceptors (Lipinski definition) is 5. The number of esters is 1. The molecular weight excluding hydrogens is 412 g/mol. The molecule has 0 spiro atoms. The van der Waals surface area contributed by atoms with Gasteiger partial charge in [-0.25, -0.2) is 0 Å². The first-order valence-electron chi connectivity index (χ1n) is 8.50. The number of benzene rings is 2. The molecule has 0 atom stereocenters. The molecule has 3 rings (SSSR count). The molecule has 0 fully saturated rings. The number of hydrogen-bond donors (Lipinski definition) is 1. The maximum Gasteiger partial charge on any atom is 0.310 e. The number of para-hydroxylation sites is 1. The first kappa shape index (κ1) is 19.5. The van der Waals surface area contributed by atoms with Crippen LogP contribution in [0.3, 0.4) is 0 Å². The standard InChI is InChI=1S/C21H21BrO5/c1-21(2,24)18-10-15-8-13(9-16(22)20(15)27-18)12-26-17-7-5-4-6-14(17)11-19(23)25-3/h4-10,24H,11-12H2,1-3H3. The van der Waals surface area contributed by atoms with Crippen molar-refractivity contribution < 1.29 is 23.8 Å². The summed E-state index contributed by atoms with van der Waals surface area (Å²) >= 11 is 3.52. The molecule has 27 heavy (non-hydrogen) atoms. The average molecular weight is 433 g/mol. The fraction of sp³-hybridized carbons (Fsp3) is 0.286. The zero-order chi connectivity index (χ0) is 19.6. The topological polar surface area (TPSA) is 68.9 Å². The van der Waals surface area contributed by atoms with E-state index < -0.39 is 5.60 Å². The number of ether oxygens (including phenoxy) is 2. The summed E-state index contributed by atoms with van der Waals surface area (Å²) in [4.78, 5) is 11.6. The van der Waals surface area contributed by atoms with E-state index in [4.69, 9.17) is 13.9 Å². The summed E-state index contributed by atoms with van der Waals surface area (Å²) in [5.41, 5.74) is 1.34. The molecule has 0 radical (unpaired) electrons. The Morgan fingerprint density at radius 1 is 1.22 bits per heavy atom. The third-order valence-electron chi connectivity index (χ3n) is 4.16. The average Bonchev–Trinajstić information content (AvgIpc) is 3.06. The number of rotatable bonds is 6. The van der Waals surface area contributed by atoms with Crippen LogP contribution in [0.4, 0.5) is 0 Å². The second-order valence-corrected chi connectivity index (χ2v) is 7.67. The van der Waals surface area contributed by atoms with Gasteiger partial charge in [0.1, 0.15) is 29.3 Å². The van der Waals surface area contributed by atoms with Gasteiger partial charge in [0.25, 0.3) is 0 Å². The Morgan fingerprint density at radius 3 is 2.67 bits per heavy atom. The minimum absolute atomic E-state index is 0.159. The monoisotopic (exact) mass is 432 g/mol. The molecule has 0 aliphatic carbocycles. The molecule has 5 nitrogen and oxygen atoms in total. The molecule has 0 unspecified atom stereocenters. The summed E-state index contributed by atoms with van der Waals surface area (Å²) in [6.45, 7) is 3.69. The van der Waals surface area contributed by atoms with Crippen LogP contribution < -0.4 is 4.74 Å². The van der Waals surface area contributed by atoms with Crippen LogP contribution in [-0.4, -0.2) is 18.2 Å². The second-order valence-electron chi connectivity index (χ2n) is 6.81. The minimum Gasteiger partial charge on any atom is -0.489 e. The molecule has 6 heteroatoms. The summed E-state index contributed by atoms with van der Waals surface area (Å²) in [6.07, 6.45) is 0.159. The number of carbonyl (C=O) groups excluding carboxylic acids is 1. The normalized spacial score (nSPS) is 11.6. The Bertz CT molecular complexity index is 968. The molecule has 1 N–H and O–H groups in total. The van der Waals surface area contributed by atoms with Crippen LogP contribution in [0.5, 0.6) is 5.75 Å². The van der Waals surface area contributed by atoms with Crippen molar-refractivity contribution in [1.82, 2.24) is 0 Å². The molecular formula is C21H21BrO5. The van der Waals surface area contributed by atoms with Crippen molar-refractivity contribution in [3.05, 3.63) is 63.8 Å². The molecule has 0 saturated heterocycles. The van der Waals surface area contributed by atoms with Crippen LogP contribution in [0.1, 0.15) is 30.7 Å². The SMILES string of the molecule is COC(=O)Cc1ccccc1OCc1cc(Br)c2oc(C(C)(C)O)cc2c1. The van der Waals surface area contributed by atoms with E-state index in [0.717, 1.165) is 21.0 Å². The van der Waals surface area contributed by atoms with Gasteiger partial charge in [0.05, 0.1) is 18.0 Å². The smallest absolute Gasteiger partial charge is 0.310 e. The maximum atomic E-state index is 11.6. The van der Waals surface area contributed by atoms with Crippen LogP contribution in [0.25, 0.3) is 11.0 Å². The Kier molecular flexibility index (Phi) is 5.58. The highest BCUT2D eigenvalue weighted by molar-refractivity contribution is 9.10. The summed E-state index contributed by atoms with van der Waals surface area (Å²) in [5.74, 6) is 0.830. The lowest BCUT2D eigenvalue weighted by atomic mass is 10.1. The molecule has 0 aliphatic heterocycles. The van der Waals surface area contributed by atoms with Crippen molar-refractivity contribution in [2.75, 3.05) is 7.11 Å². The number of aliphatic hydroxyl groups is 1. The van der Waals surface area contributed by atoms with Gasteiger partial charge in [0.15, 0.2) is 0 Å². The molecule has 0 aliphatic rings. The first-order valence-corrected chi connectivity index (χ1v) is 9.29. The fourth-order valence-electron chi connectivity index (χ4n) is 2.73. The number of methoxy groups -OCH3 is 1. The van der Waals surface area contributed by atoms with Crippen LogP contribution in [0.2, 0.25) is 0 Å². The quantitative estimate of drug-likeness (QED) is 0.570. The van der Waals surface area contributed by atoms with Crippen molar-refractivity contribution in [2.45, 2.75) is 32.5 Å². The molecule has 1 heterocycles. The van der Waals surface area contributed by atoms with Gasteiger partial charge in [0.2, 0.25) is 0 Å². The van der Waals surface area contributed by atoms with Gasteiger partial charge in [-0.3, -0.25) is 4.79 Å². The summed E-state index contributed by atoms with van der Waals surface area (Å²) in [7, 11) is 1.37. The minimum atomic E-state index is -1.05. The van der Waals surface area contributed by atoms with Crippen molar-refractivity contribution >= 4 is 32.9 Å². The molecule has 3 aromatic rings. The Morgan fingerprint density at radius 2 is 1.96 bits per heavy atom. The van der Waals surface area contributed by atoms with E-state index in [0.29, 0.717) is 23.7 Å². The Balaban J connectivity index is 1.83. The first-order chi connectivity index (χ1) is 12.8.